The predicted octanol–water partition coefficient (Wildman–Crippen LogP) is 3.79. The van der Waals surface area contributed by atoms with Crippen molar-refractivity contribution in [2.45, 2.75) is 18.1 Å². The fourth-order valence-electron chi connectivity index (χ4n) is 4.12. The van der Waals surface area contributed by atoms with Crippen LogP contribution in [0.3, 0.4) is 0 Å². The Kier molecular flexibility index (Phi) is 4.12. The number of rotatable bonds is 2. The van der Waals surface area contributed by atoms with Crippen LogP contribution in [-0.4, -0.2) is 23.8 Å². The molecule has 30 heavy (non-hydrogen) atoms. The van der Waals surface area contributed by atoms with Crippen molar-refractivity contribution >= 4 is 23.2 Å². The molecule has 1 amide bonds. The summed E-state index contributed by atoms with van der Waals surface area (Å²) in [5.41, 5.74) is 8.00. The SMILES string of the molecule is CN1C(=O)[C@@]2(C[C@@H](c3cccs3)Oc3ccc(-c4cccc(C#N)c4)cc32)N=C1N. The van der Waals surface area contributed by atoms with Gasteiger partial charge < -0.3 is 10.5 Å². The van der Waals surface area contributed by atoms with E-state index < -0.39 is 5.54 Å². The highest BCUT2D eigenvalue weighted by Gasteiger charge is 2.53. The van der Waals surface area contributed by atoms with Crippen molar-refractivity contribution < 1.29 is 9.53 Å². The normalized spacial score (nSPS) is 22.4. The molecular formula is C23H18N4O2S. The lowest BCUT2D eigenvalue weighted by Crippen LogP contribution is -2.43. The molecular weight excluding hydrogens is 396 g/mol. The van der Waals surface area contributed by atoms with Crippen LogP contribution >= 0.6 is 11.3 Å². The zero-order valence-electron chi connectivity index (χ0n) is 16.2. The molecule has 6 nitrogen and oxygen atoms in total. The Labute approximate surface area is 177 Å². The maximum Gasteiger partial charge on any atom is 0.261 e. The largest absolute Gasteiger partial charge is 0.484 e. The average molecular weight is 414 g/mol. The Hall–Kier alpha value is -3.63. The summed E-state index contributed by atoms with van der Waals surface area (Å²) in [5, 5.41) is 11.2. The number of hydrogen-bond acceptors (Lipinski definition) is 6. The minimum atomic E-state index is -1.12. The molecule has 0 fully saturated rings. The van der Waals surface area contributed by atoms with Crippen molar-refractivity contribution in [3.05, 3.63) is 76.0 Å². The Morgan fingerprint density at radius 3 is 2.77 bits per heavy atom. The van der Waals surface area contributed by atoms with Gasteiger partial charge in [0.25, 0.3) is 5.91 Å². The van der Waals surface area contributed by atoms with E-state index in [4.69, 9.17) is 10.5 Å². The van der Waals surface area contributed by atoms with Gasteiger partial charge in [-0.1, -0.05) is 24.3 Å². The lowest BCUT2D eigenvalue weighted by molar-refractivity contribution is -0.132. The van der Waals surface area contributed by atoms with Crippen LogP contribution in [0.2, 0.25) is 0 Å². The van der Waals surface area contributed by atoms with Crippen LogP contribution in [0.4, 0.5) is 0 Å². The highest BCUT2D eigenvalue weighted by Crippen LogP contribution is 2.51. The summed E-state index contributed by atoms with van der Waals surface area (Å²) in [6, 6.07) is 19.3. The first-order valence-corrected chi connectivity index (χ1v) is 10.4. The number of nitriles is 1. The fourth-order valence-corrected chi connectivity index (χ4v) is 4.87. The number of nitrogens with two attached hydrogens (primary N) is 1. The Bertz CT molecular complexity index is 1230. The van der Waals surface area contributed by atoms with Gasteiger partial charge in [0.2, 0.25) is 0 Å². The molecule has 3 heterocycles. The van der Waals surface area contributed by atoms with E-state index in [1.165, 1.54) is 4.90 Å². The molecule has 2 N–H and O–H groups in total. The summed E-state index contributed by atoms with van der Waals surface area (Å²) < 4.78 is 6.29. The second-order valence-corrected chi connectivity index (χ2v) is 8.40. The Balaban J connectivity index is 1.68. The molecule has 2 aliphatic rings. The topological polar surface area (TPSA) is 91.7 Å². The number of aliphatic imine (C=N–C) groups is 1. The van der Waals surface area contributed by atoms with Gasteiger partial charge in [0.05, 0.1) is 11.6 Å². The van der Waals surface area contributed by atoms with Gasteiger partial charge in [-0.25, -0.2) is 4.99 Å². The van der Waals surface area contributed by atoms with Crippen LogP contribution in [-0.2, 0) is 10.3 Å². The quantitative estimate of drug-likeness (QED) is 0.691. The van der Waals surface area contributed by atoms with Crippen molar-refractivity contribution in [3.8, 4) is 22.9 Å². The average Bonchev–Trinajstić information content (AvgIpc) is 3.38. The van der Waals surface area contributed by atoms with Gasteiger partial charge in [0.1, 0.15) is 11.9 Å². The first kappa shape index (κ1) is 18.4. The third-order valence-electron chi connectivity index (χ3n) is 5.67. The third-order valence-corrected chi connectivity index (χ3v) is 6.63. The molecule has 3 aromatic rings. The van der Waals surface area contributed by atoms with Crippen LogP contribution in [0.5, 0.6) is 5.75 Å². The van der Waals surface area contributed by atoms with Gasteiger partial charge in [-0.05, 0) is 46.8 Å². The molecule has 0 saturated heterocycles. The molecule has 0 saturated carbocycles. The van der Waals surface area contributed by atoms with Crippen molar-refractivity contribution in [2.24, 2.45) is 10.7 Å². The summed E-state index contributed by atoms with van der Waals surface area (Å²) in [6.07, 6.45) is 0.101. The number of ether oxygens (including phenoxy) is 1. The predicted molar refractivity (Wildman–Crippen MR) is 115 cm³/mol. The molecule has 7 heteroatoms. The lowest BCUT2D eigenvalue weighted by atomic mass is 9.80. The summed E-state index contributed by atoms with van der Waals surface area (Å²) >= 11 is 1.59. The molecule has 0 aliphatic carbocycles. The molecule has 0 bridgehead atoms. The zero-order chi connectivity index (χ0) is 20.9. The van der Waals surface area contributed by atoms with Crippen LogP contribution < -0.4 is 10.5 Å². The van der Waals surface area contributed by atoms with Crippen LogP contribution in [0, 0.1) is 11.3 Å². The second-order valence-electron chi connectivity index (χ2n) is 7.42. The maximum absolute atomic E-state index is 13.4. The minimum absolute atomic E-state index is 0.158. The fraction of sp³-hybridized carbons (Fsp3) is 0.174. The standard InChI is InChI=1S/C23H18N4O2S/c1-27-21(28)23(26-22(27)25)12-19(20-6-3-9-30-20)29-18-8-7-16(11-17(18)23)15-5-2-4-14(10-15)13-24/h2-11,19H,12H2,1H3,(H2,25,26)/t19-,23-/m0/s1. The maximum atomic E-state index is 13.4. The number of hydrogen-bond donors (Lipinski definition) is 1. The Morgan fingerprint density at radius 2 is 2.07 bits per heavy atom. The van der Waals surface area contributed by atoms with E-state index >= 15 is 0 Å². The zero-order valence-corrected chi connectivity index (χ0v) is 17.0. The minimum Gasteiger partial charge on any atom is -0.484 e. The molecule has 0 radical (unpaired) electrons. The van der Waals surface area contributed by atoms with Crippen molar-refractivity contribution in [1.82, 2.24) is 4.90 Å². The number of carbonyl (C=O) groups excluding carboxylic acids is 1. The molecule has 148 valence electrons. The Morgan fingerprint density at radius 1 is 1.23 bits per heavy atom. The second kappa shape index (κ2) is 6.71. The number of carbonyl (C=O) groups is 1. The molecule has 1 spiro atoms. The van der Waals surface area contributed by atoms with E-state index in [1.807, 2.05) is 53.9 Å². The third kappa shape index (κ3) is 2.69. The number of benzene rings is 2. The first-order valence-electron chi connectivity index (χ1n) is 9.50. The highest BCUT2D eigenvalue weighted by molar-refractivity contribution is 7.10. The van der Waals surface area contributed by atoms with E-state index in [1.54, 1.807) is 24.5 Å². The van der Waals surface area contributed by atoms with Gasteiger partial charge >= 0.3 is 0 Å². The van der Waals surface area contributed by atoms with Crippen LogP contribution in [0.25, 0.3) is 11.1 Å². The summed E-state index contributed by atoms with van der Waals surface area (Å²) in [4.78, 5) is 20.5. The van der Waals surface area contributed by atoms with Crippen LogP contribution in [0.15, 0.2) is 65.0 Å². The van der Waals surface area contributed by atoms with Crippen LogP contribution in [0.1, 0.15) is 28.5 Å². The van der Waals surface area contributed by atoms with Crippen molar-refractivity contribution in [2.75, 3.05) is 7.05 Å². The van der Waals surface area contributed by atoms with E-state index in [0.29, 0.717) is 23.3 Å². The molecule has 5 rings (SSSR count). The number of guanidine groups is 1. The molecule has 2 aromatic carbocycles. The number of amides is 1. The summed E-state index contributed by atoms with van der Waals surface area (Å²) in [6.45, 7) is 0. The number of thiophene rings is 1. The smallest absolute Gasteiger partial charge is 0.261 e. The number of likely N-dealkylation sites (N-methyl/N-ethyl adjacent to an activating group) is 1. The van der Waals surface area contributed by atoms with Crippen molar-refractivity contribution in [1.29, 1.82) is 5.26 Å². The molecule has 2 aliphatic heterocycles. The van der Waals surface area contributed by atoms with Gasteiger partial charge in [-0.3, -0.25) is 9.69 Å². The van der Waals surface area contributed by atoms with Gasteiger partial charge in [-0.2, -0.15) is 5.26 Å². The number of nitrogens with zero attached hydrogens (tertiary/aromatic N) is 3. The lowest BCUT2D eigenvalue weighted by Gasteiger charge is -2.36. The van der Waals surface area contributed by atoms with E-state index in [2.05, 4.69) is 11.1 Å². The van der Waals surface area contributed by atoms with Gasteiger partial charge in [0, 0.05) is 23.9 Å². The van der Waals surface area contributed by atoms with Crippen molar-refractivity contribution in [3.63, 3.8) is 0 Å². The molecule has 1 aromatic heterocycles. The first-order chi connectivity index (χ1) is 14.5. The summed E-state index contributed by atoms with van der Waals surface area (Å²) in [5.74, 6) is 0.670. The molecule has 0 unspecified atom stereocenters. The monoisotopic (exact) mass is 414 g/mol. The number of fused-ring (bicyclic) bond motifs is 2. The highest BCUT2D eigenvalue weighted by atomic mass is 32.1. The summed E-state index contributed by atoms with van der Waals surface area (Å²) in [7, 11) is 1.64. The van der Waals surface area contributed by atoms with Gasteiger partial charge in [-0.15, -0.1) is 11.3 Å². The molecule has 2 atom stereocenters. The van der Waals surface area contributed by atoms with E-state index in [-0.39, 0.29) is 18.0 Å². The van der Waals surface area contributed by atoms with E-state index in [0.717, 1.165) is 16.0 Å². The van der Waals surface area contributed by atoms with E-state index in [9.17, 15) is 10.1 Å². The van der Waals surface area contributed by atoms with Gasteiger partial charge in [0.15, 0.2) is 11.5 Å².